The number of thiazole rings is 1. The van der Waals surface area contributed by atoms with Crippen LogP contribution in [-0.4, -0.2) is 203 Å². The molecule has 3 aromatic carbocycles. The lowest BCUT2D eigenvalue weighted by Crippen LogP contribution is -2.47. The third-order valence-electron chi connectivity index (χ3n) is 14.3. The molecule has 4 amide bonds. The molecule has 2 aromatic heterocycles. The Morgan fingerprint density at radius 2 is 1.55 bits per heavy atom. The summed E-state index contributed by atoms with van der Waals surface area (Å²) in [7, 11) is 6.00. The third-order valence-corrected chi connectivity index (χ3v) is 15.2. The Labute approximate surface area is 522 Å². The number of likely N-dealkylation sites (N-methyl/N-ethyl adjacent to an activating group) is 2. The molecule has 1 atom stereocenters. The number of benzene rings is 3. The Bertz CT molecular complexity index is 2960. The molecule has 88 heavy (non-hydrogen) atoms. The fourth-order valence-electron chi connectivity index (χ4n) is 9.11. The maximum Gasteiger partial charge on any atom is 0.249 e. The number of anilines is 2. The average molecular weight is 1230 g/mol. The van der Waals surface area contributed by atoms with Crippen molar-refractivity contribution in [3.8, 4) is 17.2 Å². The van der Waals surface area contributed by atoms with E-state index in [-0.39, 0.29) is 36.7 Å². The highest BCUT2D eigenvalue weighted by Crippen LogP contribution is 2.35. The van der Waals surface area contributed by atoms with E-state index < -0.39 is 6.04 Å². The second kappa shape index (κ2) is 39.7. The van der Waals surface area contributed by atoms with Gasteiger partial charge in [-0.2, -0.15) is 10.2 Å². The molecule has 2 fully saturated rings. The Balaban J connectivity index is 0.000000620. The van der Waals surface area contributed by atoms with Crippen molar-refractivity contribution in [3.63, 3.8) is 0 Å². The molecule has 474 valence electrons. The van der Waals surface area contributed by atoms with Gasteiger partial charge in [0.25, 0.3) is 0 Å². The number of para-hydroxylation sites is 1. The molecule has 0 bridgehead atoms. The fraction of sp³-hybridized carbons (Fsp3) is 0.446. The van der Waals surface area contributed by atoms with Crippen LogP contribution in [0, 0.1) is 0 Å². The normalized spacial score (nSPS) is 14.0. The van der Waals surface area contributed by atoms with Crippen molar-refractivity contribution < 1.29 is 42.9 Å². The quantitative estimate of drug-likeness (QED) is 0.00769. The van der Waals surface area contributed by atoms with Crippen LogP contribution in [0.5, 0.6) is 11.5 Å². The van der Waals surface area contributed by atoms with E-state index in [4.69, 9.17) is 34.6 Å². The zero-order valence-electron chi connectivity index (χ0n) is 51.3. The predicted molar refractivity (Wildman–Crippen MR) is 348 cm³/mol. The number of nitrogens with one attached hydrogen (secondary N) is 3. The highest BCUT2D eigenvalue weighted by Gasteiger charge is 2.42. The molecule has 22 nitrogen and oxygen atoms in total. The van der Waals surface area contributed by atoms with Crippen molar-refractivity contribution in [2.75, 3.05) is 137 Å². The minimum absolute atomic E-state index is 0.0303. The van der Waals surface area contributed by atoms with Crippen LogP contribution in [0.3, 0.4) is 0 Å². The Morgan fingerprint density at radius 1 is 0.841 bits per heavy atom. The number of allylic oxidation sites excluding steroid dienone is 2. The van der Waals surface area contributed by atoms with Crippen LogP contribution in [0.1, 0.15) is 61.5 Å². The van der Waals surface area contributed by atoms with Crippen molar-refractivity contribution in [3.05, 3.63) is 150 Å². The first kappa shape index (κ1) is 69.0. The van der Waals surface area contributed by atoms with Gasteiger partial charge in [-0.3, -0.25) is 24.2 Å². The maximum atomic E-state index is 14.1. The van der Waals surface area contributed by atoms with E-state index in [2.05, 4.69) is 68.1 Å². The first-order chi connectivity index (χ1) is 43.0. The van der Waals surface area contributed by atoms with Crippen LogP contribution in [-0.2, 0) is 46.2 Å². The van der Waals surface area contributed by atoms with E-state index in [1.54, 1.807) is 58.3 Å². The number of carbonyl (C=O) groups is 4. The summed E-state index contributed by atoms with van der Waals surface area (Å²) in [4.78, 5) is 67.4. The second-order valence-corrected chi connectivity index (χ2v) is 21.8. The number of unbranched alkanes of at least 4 members (excludes halogenated alkanes) is 1. The van der Waals surface area contributed by atoms with Gasteiger partial charge in [0.15, 0.2) is 11.2 Å². The average Bonchev–Trinajstić information content (AvgIpc) is 3.26. The van der Waals surface area contributed by atoms with Crippen molar-refractivity contribution in [2.45, 2.75) is 63.5 Å². The molecule has 1 aliphatic carbocycles. The number of amides is 4. The number of carbonyl (C=O) groups excluding carboxylic acids is 4. The van der Waals surface area contributed by atoms with Crippen LogP contribution in [0.15, 0.2) is 144 Å². The molecule has 0 spiro atoms. The van der Waals surface area contributed by atoms with E-state index in [1.165, 1.54) is 11.3 Å². The van der Waals surface area contributed by atoms with E-state index in [9.17, 15) is 19.2 Å². The number of aryl methyl sites for hydroxylation is 1. The smallest absolute Gasteiger partial charge is 0.249 e. The van der Waals surface area contributed by atoms with Crippen molar-refractivity contribution in [2.24, 2.45) is 15.9 Å². The Hall–Kier alpha value is -8.06. The zero-order valence-corrected chi connectivity index (χ0v) is 52.2. The molecule has 23 heteroatoms. The second-order valence-electron chi connectivity index (χ2n) is 21.0. The number of hydrazone groups is 1. The first-order valence-corrected chi connectivity index (χ1v) is 30.9. The van der Waals surface area contributed by atoms with Crippen LogP contribution in [0.2, 0.25) is 0 Å². The number of aliphatic imine (C=N–C) groups is 1. The molecule has 1 unspecified atom stereocenters. The molecule has 0 radical (unpaired) electrons. The number of ether oxygens (including phenoxy) is 5. The van der Waals surface area contributed by atoms with Gasteiger partial charge in [0.1, 0.15) is 18.1 Å². The molecule has 5 N–H and O–H groups in total. The van der Waals surface area contributed by atoms with Gasteiger partial charge in [0.05, 0.1) is 82.0 Å². The SMILES string of the molecule is C=C/C=C(\C=C)CNC(=O)C(c1ccn(-c2ccccc2)n1)N(C(=O)CCc1ccc(OCCCCN(C)CCOCCOCC/C(C=NCCOCCOc2ccc(NC=O)cc2)=N/N)cc1)C1CC1.CNc1nc(CC(=O)N2CCN(C)CC2)cs1. The number of hydrogen-bond donors (Lipinski definition) is 4. The van der Waals surface area contributed by atoms with Gasteiger partial charge >= 0.3 is 0 Å². The van der Waals surface area contributed by atoms with E-state index >= 15 is 0 Å². The van der Waals surface area contributed by atoms with Crippen molar-refractivity contribution in [1.29, 1.82) is 0 Å². The molecule has 7 rings (SSSR count). The molecular formula is C65H89N13O9S. The molecule has 2 aliphatic rings. The lowest BCUT2D eigenvalue weighted by molar-refractivity contribution is -0.141. The van der Waals surface area contributed by atoms with Crippen LogP contribution >= 0.6 is 11.3 Å². The lowest BCUT2D eigenvalue weighted by Gasteiger charge is -2.32. The standard InChI is InChI=1S/C54H71N9O8.C11H18N4OS/c1-4-11-43(5-2)40-57-54(66)53(51-26-30-62(60-51)47-12-7-6-8-13-47)63(48-19-20-48)52(65)25-16-44-14-21-49(22-15-44)70-32-10-9-29-61(3)31-35-69-37-36-67-33-27-46(59-55)41-56-28-34-68-38-39-71-50-23-17-45(18-24-50)58-42-64;1-12-11-13-9(8-17-11)7-10(16)15-5-3-14(2)4-6-15/h4-8,11-15,17-18,21-24,26,30,41-42,48,53H,1-2,9-10,16,19-20,25,27-29,31-40,55H2,3H3,(H,57,66)(H,58,64);8H,3-7H2,1-2H3,(H,12,13)/b43-11+,56-41?,59-46-;. The topological polar surface area (TPSA) is 245 Å². The summed E-state index contributed by atoms with van der Waals surface area (Å²) in [6, 6.07) is 25.6. The zero-order chi connectivity index (χ0) is 62.6. The van der Waals surface area contributed by atoms with Gasteiger partial charge in [-0.25, -0.2) is 9.67 Å². The van der Waals surface area contributed by atoms with Gasteiger partial charge in [0.2, 0.25) is 24.1 Å². The summed E-state index contributed by atoms with van der Waals surface area (Å²) in [5.41, 5.74) is 5.41. The van der Waals surface area contributed by atoms with Gasteiger partial charge in [0, 0.05) is 88.7 Å². The summed E-state index contributed by atoms with van der Waals surface area (Å²) in [5.74, 6) is 6.81. The third kappa shape index (κ3) is 25.3. The Kier molecular flexibility index (Phi) is 31.1. The molecular weight excluding hydrogens is 1140 g/mol. The summed E-state index contributed by atoms with van der Waals surface area (Å²) in [6.45, 7) is 17.6. The summed E-state index contributed by atoms with van der Waals surface area (Å²) in [6.07, 6.45) is 14.5. The number of hydrogen-bond acceptors (Lipinski definition) is 18. The molecule has 1 saturated carbocycles. The van der Waals surface area contributed by atoms with Crippen molar-refractivity contribution >= 4 is 58.2 Å². The number of nitrogens with two attached hydrogens (primary N) is 1. The number of piperazine rings is 1. The molecule has 3 heterocycles. The lowest BCUT2D eigenvalue weighted by atomic mass is 10.1. The molecule has 1 aliphatic heterocycles. The minimum Gasteiger partial charge on any atom is -0.494 e. The van der Waals surface area contributed by atoms with Crippen LogP contribution in [0.4, 0.5) is 10.8 Å². The van der Waals surface area contributed by atoms with Gasteiger partial charge in [-0.1, -0.05) is 61.7 Å². The minimum atomic E-state index is -0.885. The van der Waals surface area contributed by atoms with Crippen LogP contribution in [0.25, 0.3) is 5.69 Å². The number of nitrogens with zero attached hydrogens (tertiary/aromatic N) is 9. The molecule has 1 saturated heterocycles. The predicted octanol–water partition coefficient (Wildman–Crippen LogP) is 7.02. The Morgan fingerprint density at radius 3 is 2.23 bits per heavy atom. The van der Waals surface area contributed by atoms with Gasteiger partial charge in [-0.15, -0.1) is 11.3 Å². The highest BCUT2D eigenvalue weighted by atomic mass is 32.1. The van der Waals surface area contributed by atoms with E-state index in [0.29, 0.717) is 108 Å². The van der Waals surface area contributed by atoms with Crippen molar-refractivity contribution in [1.82, 2.24) is 39.7 Å². The monoisotopic (exact) mass is 1230 g/mol. The van der Waals surface area contributed by atoms with E-state index in [0.717, 1.165) is 98.4 Å². The van der Waals surface area contributed by atoms with Gasteiger partial charge in [-0.05, 0) is 118 Å². The summed E-state index contributed by atoms with van der Waals surface area (Å²) >= 11 is 1.54. The number of aromatic nitrogens is 3. The maximum absolute atomic E-state index is 14.1. The van der Waals surface area contributed by atoms with Crippen LogP contribution < -0.4 is 31.3 Å². The summed E-state index contributed by atoms with van der Waals surface area (Å²) in [5, 5.41) is 20.0. The highest BCUT2D eigenvalue weighted by molar-refractivity contribution is 7.13. The fourth-order valence-corrected chi connectivity index (χ4v) is 9.78. The molecule has 5 aromatic rings. The van der Waals surface area contributed by atoms with Gasteiger partial charge < -0.3 is 65.1 Å². The summed E-state index contributed by atoms with van der Waals surface area (Å²) < 4.78 is 30.4. The van der Waals surface area contributed by atoms with E-state index in [1.807, 2.05) is 84.2 Å². The number of rotatable bonds is 40. The first-order valence-electron chi connectivity index (χ1n) is 30.1. The largest absolute Gasteiger partial charge is 0.494 e.